The lowest BCUT2D eigenvalue weighted by molar-refractivity contribution is -0.160. The first kappa shape index (κ1) is 14.8. The second kappa shape index (κ2) is 8.03. The molecule has 3 N–H and O–H groups in total. The molecule has 0 aromatic heterocycles. The van der Waals surface area contributed by atoms with Gasteiger partial charge in [0.15, 0.2) is 12.4 Å². The quantitative estimate of drug-likeness (QED) is 0.366. The van der Waals surface area contributed by atoms with E-state index in [0.29, 0.717) is 0 Å². The standard InChI is InChI=1S/C9H16O7/c1-2-15-9(14)6(10)5-8(13)16-4-3-7(11)12/h6-7,10-12H,2-5H2,1H3. The normalized spacial score (nSPS) is 12.3. The summed E-state index contributed by atoms with van der Waals surface area (Å²) < 4.78 is 9.00. The van der Waals surface area contributed by atoms with Gasteiger partial charge in [-0.1, -0.05) is 0 Å². The second-order valence-corrected chi connectivity index (χ2v) is 2.96. The second-order valence-electron chi connectivity index (χ2n) is 2.96. The highest BCUT2D eigenvalue weighted by Gasteiger charge is 2.20. The van der Waals surface area contributed by atoms with E-state index in [4.69, 9.17) is 15.3 Å². The summed E-state index contributed by atoms with van der Waals surface area (Å²) in [5, 5.41) is 26.0. The topological polar surface area (TPSA) is 113 Å². The molecule has 0 aromatic carbocycles. The number of hydrogen-bond acceptors (Lipinski definition) is 7. The van der Waals surface area contributed by atoms with E-state index in [1.807, 2.05) is 0 Å². The number of carbonyl (C=O) groups excluding carboxylic acids is 2. The summed E-state index contributed by atoms with van der Waals surface area (Å²) in [7, 11) is 0. The van der Waals surface area contributed by atoms with Crippen LogP contribution in [-0.4, -0.2) is 52.9 Å². The summed E-state index contributed by atoms with van der Waals surface area (Å²) in [6.45, 7) is 1.50. The average Bonchev–Trinajstić information content (AvgIpc) is 2.17. The number of aliphatic hydroxyl groups excluding tert-OH is 2. The molecule has 0 aliphatic heterocycles. The Balaban J connectivity index is 3.74. The van der Waals surface area contributed by atoms with Crippen molar-refractivity contribution in [2.24, 2.45) is 0 Å². The van der Waals surface area contributed by atoms with Gasteiger partial charge in [0.25, 0.3) is 0 Å². The lowest BCUT2D eigenvalue weighted by Crippen LogP contribution is -2.27. The van der Waals surface area contributed by atoms with Crippen LogP contribution in [0, 0.1) is 0 Å². The van der Waals surface area contributed by atoms with Gasteiger partial charge < -0.3 is 24.8 Å². The van der Waals surface area contributed by atoms with E-state index >= 15 is 0 Å². The third-order valence-electron chi connectivity index (χ3n) is 1.56. The van der Waals surface area contributed by atoms with Crippen LogP contribution < -0.4 is 0 Å². The number of ether oxygens (including phenoxy) is 2. The Bertz CT molecular complexity index is 226. The summed E-state index contributed by atoms with van der Waals surface area (Å²) in [4.78, 5) is 21.9. The molecular formula is C9H16O7. The molecule has 0 spiro atoms. The van der Waals surface area contributed by atoms with Crippen molar-refractivity contribution in [3.05, 3.63) is 0 Å². The summed E-state index contributed by atoms with van der Waals surface area (Å²) in [5.41, 5.74) is 0. The van der Waals surface area contributed by atoms with Gasteiger partial charge in [0.05, 0.1) is 19.6 Å². The van der Waals surface area contributed by atoms with Crippen LogP contribution in [0.5, 0.6) is 0 Å². The van der Waals surface area contributed by atoms with E-state index in [1.54, 1.807) is 6.92 Å². The zero-order valence-electron chi connectivity index (χ0n) is 8.96. The fourth-order valence-corrected chi connectivity index (χ4v) is 0.817. The molecule has 0 fully saturated rings. The van der Waals surface area contributed by atoms with Crippen molar-refractivity contribution in [2.45, 2.75) is 32.2 Å². The minimum atomic E-state index is -1.55. The zero-order chi connectivity index (χ0) is 12.6. The van der Waals surface area contributed by atoms with Crippen LogP contribution in [-0.2, 0) is 19.1 Å². The van der Waals surface area contributed by atoms with Crippen molar-refractivity contribution in [1.29, 1.82) is 0 Å². The molecule has 0 aromatic rings. The predicted octanol–water partition coefficient (Wildman–Crippen LogP) is -1.46. The zero-order valence-corrected chi connectivity index (χ0v) is 8.96. The first-order valence-electron chi connectivity index (χ1n) is 4.83. The first-order valence-corrected chi connectivity index (χ1v) is 4.83. The Morgan fingerprint density at radius 2 is 1.81 bits per heavy atom. The molecule has 1 atom stereocenters. The third-order valence-corrected chi connectivity index (χ3v) is 1.56. The molecule has 16 heavy (non-hydrogen) atoms. The lowest BCUT2D eigenvalue weighted by atomic mass is 10.2. The molecule has 94 valence electrons. The molecule has 0 saturated carbocycles. The van der Waals surface area contributed by atoms with E-state index < -0.39 is 30.8 Å². The predicted molar refractivity (Wildman–Crippen MR) is 51.1 cm³/mol. The van der Waals surface area contributed by atoms with Gasteiger partial charge in [-0.05, 0) is 6.92 Å². The average molecular weight is 236 g/mol. The van der Waals surface area contributed by atoms with Gasteiger partial charge >= 0.3 is 11.9 Å². The number of rotatable bonds is 7. The molecule has 0 heterocycles. The van der Waals surface area contributed by atoms with Crippen LogP contribution in [0.3, 0.4) is 0 Å². The molecule has 1 unspecified atom stereocenters. The Kier molecular flexibility index (Phi) is 7.44. The molecule has 7 nitrogen and oxygen atoms in total. The van der Waals surface area contributed by atoms with Crippen molar-refractivity contribution < 1.29 is 34.4 Å². The number of carbonyl (C=O) groups is 2. The van der Waals surface area contributed by atoms with Crippen LogP contribution in [0.4, 0.5) is 0 Å². The Labute approximate surface area is 92.6 Å². The van der Waals surface area contributed by atoms with Gasteiger partial charge in [-0.25, -0.2) is 4.79 Å². The highest BCUT2D eigenvalue weighted by atomic mass is 16.6. The monoisotopic (exact) mass is 236 g/mol. The van der Waals surface area contributed by atoms with Crippen molar-refractivity contribution in [1.82, 2.24) is 0 Å². The van der Waals surface area contributed by atoms with Gasteiger partial charge in [0, 0.05) is 6.42 Å². The van der Waals surface area contributed by atoms with Crippen LogP contribution in [0.1, 0.15) is 19.8 Å². The Morgan fingerprint density at radius 1 is 1.19 bits per heavy atom. The van der Waals surface area contributed by atoms with Crippen LogP contribution in [0.25, 0.3) is 0 Å². The summed E-state index contributed by atoms with van der Waals surface area (Å²) in [6.07, 6.45) is -3.74. The highest BCUT2D eigenvalue weighted by Crippen LogP contribution is 1.99. The number of aliphatic hydroxyl groups is 3. The third kappa shape index (κ3) is 7.16. The largest absolute Gasteiger partial charge is 0.465 e. The molecule has 0 amide bonds. The maximum Gasteiger partial charge on any atom is 0.335 e. The van der Waals surface area contributed by atoms with Gasteiger partial charge in [0.1, 0.15) is 0 Å². The van der Waals surface area contributed by atoms with Gasteiger partial charge in [-0.15, -0.1) is 0 Å². The molecule has 0 radical (unpaired) electrons. The fourth-order valence-electron chi connectivity index (χ4n) is 0.817. The minimum Gasteiger partial charge on any atom is -0.465 e. The minimum absolute atomic E-state index is 0.113. The van der Waals surface area contributed by atoms with Crippen LogP contribution >= 0.6 is 0 Å². The smallest absolute Gasteiger partial charge is 0.335 e. The molecular weight excluding hydrogens is 220 g/mol. The summed E-state index contributed by atoms with van der Waals surface area (Å²) in [6, 6.07) is 0. The van der Waals surface area contributed by atoms with Crippen molar-refractivity contribution in [2.75, 3.05) is 13.2 Å². The van der Waals surface area contributed by atoms with Crippen molar-refractivity contribution >= 4 is 11.9 Å². The fraction of sp³-hybridized carbons (Fsp3) is 0.778. The van der Waals surface area contributed by atoms with E-state index in [1.165, 1.54) is 0 Å². The maximum absolute atomic E-state index is 11.0. The van der Waals surface area contributed by atoms with Gasteiger partial charge in [-0.3, -0.25) is 4.79 Å². The molecule has 0 bridgehead atoms. The SMILES string of the molecule is CCOC(=O)C(O)CC(=O)OCCC(O)O. The molecule has 7 heteroatoms. The molecule has 0 rings (SSSR count). The summed E-state index contributed by atoms with van der Waals surface area (Å²) in [5.74, 6) is -1.69. The van der Waals surface area contributed by atoms with Crippen molar-refractivity contribution in [3.8, 4) is 0 Å². The van der Waals surface area contributed by atoms with E-state index in [2.05, 4.69) is 9.47 Å². The first-order chi connectivity index (χ1) is 7.47. The van der Waals surface area contributed by atoms with E-state index in [-0.39, 0.29) is 19.6 Å². The number of hydrogen-bond donors (Lipinski definition) is 3. The molecule has 0 aliphatic rings. The maximum atomic E-state index is 11.0. The summed E-state index contributed by atoms with van der Waals surface area (Å²) >= 11 is 0. The van der Waals surface area contributed by atoms with Crippen LogP contribution in [0.2, 0.25) is 0 Å². The lowest BCUT2D eigenvalue weighted by Gasteiger charge is -2.09. The van der Waals surface area contributed by atoms with E-state index in [0.717, 1.165) is 0 Å². The molecule has 0 aliphatic carbocycles. The number of esters is 2. The molecule has 0 saturated heterocycles. The highest BCUT2D eigenvalue weighted by molar-refractivity contribution is 5.81. The Morgan fingerprint density at radius 3 is 2.31 bits per heavy atom. The van der Waals surface area contributed by atoms with Gasteiger partial charge in [0.2, 0.25) is 0 Å². The van der Waals surface area contributed by atoms with Crippen molar-refractivity contribution in [3.63, 3.8) is 0 Å². The van der Waals surface area contributed by atoms with Gasteiger partial charge in [-0.2, -0.15) is 0 Å². The van der Waals surface area contributed by atoms with E-state index in [9.17, 15) is 9.59 Å². The van der Waals surface area contributed by atoms with Crippen LogP contribution in [0.15, 0.2) is 0 Å². The Hall–Kier alpha value is -1.18.